The van der Waals surface area contributed by atoms with Crippen molar-refractivity contribution in [2.45, 2.75) is 51.7 Å². The highest BCUT2D eigenvalue weighted by atomic mass is 35.5. The van der Waals surface area contributed by atoms with Crippen molar-refractivity contribution >= 4 is 17.5 Å². The monoisotopic (exact) mass is 361 g/mol. The van der Waals surface area contributed by atoms with E-state index in [2.05, 4.69) is 29.4 Å². The lowest BCUT2D eigenvalue weighted by Gasteiger charge is -2.35. The number of hydrogen-bond acceptors (Lipinski definition) is 3. The molecular weight excluding hydrogens is 338 g/mol. The number of hydrogen-bond donors (Lipinski definition) is 2. The van der Waals surface area contributed by atoms with Crippen LogP contribution in [-0.4, -0.2) is 34.4 Å². The molecule has 2 aromatic rings. The van der Waals surface area contributed by atoms with E-state index in [1.165, 1.54) is 0 Å². The molecule has 1 atom stereocenters. The van der Waals surface area contributed by atoms with Crippen LogP contribution in [0.5, 0.6) is 0 Å². The number of amides is 1. The molecule has 0 saturated carbocycles. The first-order chi connectivity index (χ1) is 11.8. The predicted molar refractivity (Wildman–Crippen MR) is 98.7 cm³/mol. The average Bonchev–Trinajstić information content (AvgIpc) is 2.88. The van der Waals surface area contributed by atoms with Crippen molar-refractivity contribution in [2.75, 3.05) is 6.61 Å². The number of carbonyl (C=O) groups excluding carboxylic acids is 1. The highest BCUT2D eigenvalue weighted by Gasteiger charge is 2.30. The summed E-state index contributed by atoms with van der Waals surface area (Å²) in [7, 11) is 0. The van der Waals surface area contributed by atoms with Gasteiger partial charge in [-0.2, -0.15) is 5.10 Å². The number of H-pyrrole nitrogens is 1. The van der Waals surface area contributed by atoms with Gasteiger partial charge >= 0.3 is 0 Å². The third kappa shape index (κ3) is 4.41. The number of halogens is 1. The lowest BCUT2D eigenvalue weighted by atomic mass is 9.93. The van der Waals surface area contributed by atoms with Gasteiger partial charge in [-0.15, -0.1) is 0 Å². The fraction of sp³-hybridized carbons (Fsp3) is 0.474. The van der Waals surface area contributed by atoms with Crippen LogP contribution in [0.4, 0.5) is 0 Å². The van der Waals surface area contributed by atoms with Crippen molar-refractivity contribution in [1.29, 1.82) is 0 Å². The van der Waals surface area contributed by atoms with Crippen LogP contribution in [0.1, 0.15) is 37.9 Å². The van der Waals surface area contributed by atoms with Gasteiger partial charge in [0, 0.05) is 34.5 Å². The van der Waals surface area contributed by atoms with E-state index in [4.69, 9.17) is 16.3 Å². The minimum atomic E-state index is -0.184. The molecule has 1 aromatic heterocycles. The van der Waals surface area contributed by atoms with Gasteiger partial charge in [-0.25, -0.2) is 0 Å². The smallest absolute Gasteiger partial charge is 0.224 e. The van der Waals surface area contributed by atoms with E-state index in [9.17, 15) is 4.79 Å². The van der Waals surface area contributed by atoms with Gasteiger partial charge in [-0.3, -0.25) is 9.89 Å². The fourth-order valence-electron chi connectivity index (χ4n) is 3.31. The first-order valence-electron chi connectivity index (χ1n) is 8.57. The third-order valence-corrected chi connectivity index (χ3v) is 4.84. The van der Waals surface area contributed by atoms with Crippen molar-refractivity contribution in [3.63, 3.8) is 0 Å². The molecule has 3 rings (SSSR count). The Kier molecular flexibility index (Phi) is 5.16. The fourth-order valence-corrected chi connectivity index (χ4v) is 3.44. The molecule has 1 unspecified atom stereocenters. The molecule has 1 aliphatic rings. The second-order valence-electron chi connectivity index (χ2n) is 7.22. The van der Waals surface area contributed by atoms with Crippen molar-refractivity contribution < 1.29 is 9.53 Å². The number of aryl methyl sites for hydroxylation is 1. The van der Waals surface area contributed by atoms with Crippen LogP contribution in [0.2, 0.25) is 5.02 Å². The SMILES string of the molecule is Cc1[nH]nc(-c2ccc(Cl)cc2)c1CC(=O)NC1CCOC(C)(C)C1. The maximum atomic E-state index is 12.6. The highest BCUT2D eigenvalue weighted by molar-refractivity contribution is 6.30. The van der Waals surface area contributed by atoms with E-state index in [-0.39, 0.29) is 17.6 Å². The Bertz CT molecular complexity index is 753. The van der Waals surface area contributed by atoms with Crippen molar-refractivity contribution in [2.24, 2.45) is 0 Å². The first kappa shape index (κ1) is 18.0. The average molecular weight is 362 g/mol. The summed E-state index contributed by atoms with van der Waals surface area (Å²) in [5.41, 5.74) is 3.40. The van der Waals surface area contributed by atoms with Crippen LogP contribution < -0.4 is 5.32 Å². The molecule has 5 nitrogen and oxygen atoms in total. The molecule has 134 valence electrons. The Morgan fingerprint density at radius 3 is 2.80 bits per heavy atom. The molecule has 0 bridgehead atoms. The summed E-state index contributed by atoms with van der Waals surface area (Å²) < 4.78 is 5.71. The van der Waals surface area contributed by atoms with Gasteiger partial charge in [-0.05, 0) is 45.7 Å². The summed E-state index contributed by atoms with van der Waals surface area (Å²) in [4.78, 5) is 12.6. The molecule has 1 aliphatic heterocycles. The van der Waals surface area contributed by atoms with Crippen LogP contribution in [0.15, 0.2) is 24.3 Å². The van der Waals surface area contributed by atoms with Gasteiger partial charge in [0.15, 0.2) is 0 Å². The first-order valence-corrected chi connectivity index (χ1v) is 8.95. The molecule has 0 radical (unpaired) electrons. The second kappa shape index (κ2) is 7.18. The van der Waals surface area contributed by atoms with Gasteiger partial charge in [0.2, 0.25) is 5.91 Å². The Morgan fingerprint density at radius 1 is 1.40 bits per heavy atom. The number of nitrogens with zero attached hydrogens (tertiary/aromatic N) is 1. The summed E-state index contributed by atoms with van der Waals surface area (Å²) in [5, 5.41) is 11.2. The zero-order chi connectivity index (χ0) is 18.0. The minimum Gasteiger partial charge on any atom is -0.375 e. The van der Waals surface area contributed by atoms with E-state index >= 15 is 0 Å². The zero-order valence-electron chi connectivity index (χ0n) is 14.9. The maximum Gasteiger partial charge on any atom is 0.224 e. The van der Waals surface area contributed by atoms with E-state index in [0.29, 0.717) is 18.1 Å². The van der Waals surface area contributed by atoms with Crippen LogP contribution in [0.25, 0.3) is 11.3 Å². The number of nitrogens with one attached hydrogen (secondary N) is 2. The molecule has 25 heavy (non-hydrogen) atoms. The number of benzene rings is 1. The van der Waals surface area contributed by atoms with Gasteiger partial charge in [0.05, 0.1) is 17.7 Å². The number of aromatic amines is 1. The van der Waals surface area contributed by atoms with Crippen LogP contribution in [0.3, 0.4) is 0 Å². The number of ether oxygens (including phenoxy) is 1. The highest BCUT2D eigenvalue weighted by Crippen LogP contribution is 2.26. The second-order valence-corrected chi connectivity index (χ2v) is 7.66. The summed E-state index contributed by atoms with van der Waals surface area (Å²) in [6, 6.07) is 7.65. The Labute approximate surface area is 153 Å². The summed E-state index contributed by atoms with van der Waals surface area (Å²) in [6.45, 7) is 6.74. The van der Waals surface area contributed by atoms with Gasteiger partial charge in [0.1, 0.15) is 0 Å². The lowest BCUT2D eigenvalue weighted by molar-refractivity contribution is -0.123. The van der Waals surface area contributed by atoms with Crippen LogP contribution in [0, 0.1) is 6.92 Å². The maximum absolute atomic E-state index is 12.6. The molecule has 1 fully saturated rings. The molecule has 1 saturated heterocycles. The van der Waals surface area contributed by atoms with Crippen molar-refractivity contribution in [1.82, 2.24) is 15.5 Å². The van der Waals surface area contributed by atoms with Gasteiger partial charge in [-0.1, -0.05) is 23.7 Å². The molecule has 1 amide bonds. The molecule has 6 heteroatoms. The van der Waals surface area contributed by atoms with E-state index < -0.39 is 0 Å². The van der Waals surface area contributed by atoms with Crippen LogP contribution in [-0.2, 0) is 16.0 Å². The Morgan fingerprint density at radius 2 is 2.12 bits per heavy atom. The van der Waals surface area contributed by atoms with Crippen LogP contribution >= 0.6 is 11.6 Å². The predicted octanol–water partition coefficient (Wildman–Crippen LogP) is 3.65. The zero-order valence-corrected chi connectivity index (χ0v) is 15.6. The third-order valence-electron chi connectivity index (χ3n) is 4.59. The number of carbonyl (C=O) groups is 1. The van der Waals surface area contributed by atoms with E-state index in [1.54, 1.807) is 0 Å². The van der Waals surface area contributed by atoms with Crippen molar-refractivity contribution in [3.05, 3.63) is 40.5 Å². The Hall–Kier alpha value is -1.85. The van der Waals surface area contributed by atoms with Crippen molar-refractivity contribution in [3.8, 4) is 11.3 Å². The van der Waals surface area contributed by atoms with E-state index in [0.717, 1.165) is 35.4 Å². The largest absolute Gasteiger partial charge is 0.375 e. The molecular formula is C19H24ClN3O2. The molecule has 0 spiro atoms. The van der Waals surface area contributed by atoms with Gasteiger partial charge < -0.3 is 10.1 Å². The van der Waals surface area contributed by atoms with E-state index in [1.807, 2.05) is 31.2 Å². The molecule has 2 heterocycles. The molecule has 1 aromatic carbocycles. The molecule has 0 aliphatic carbocycles. The standard InChI is InChI=1S/C19H24ClN3O2/c1-12-16(18(23-22-12)13-4-6-14(20)7-5-13)10-17(24)21-15-8-9-25-19(2,3)11-15/h4-7,15H,8-11H2,1-3H3,(H,21,24)(H,22,23). The number of aromatic nitrogens is 2. The Balaban J connectivity index is 1.71. The van der Waals surface area contributed by atoms with Gasteiger partial charge in [0.25, 0.3) is 0 Å². The topological polar surface area (TPSA) is 67.0 Å². The minimum absolute atomic E-state index is 0.0161. The number of rotatable bonds is 4. The lowest BCUT2D eigenvalue weighted by Crippen LogP contribution is -2.46. The quantitative estimate of drug-likeness (QED) is 0.873. The normalized spacial score (nSPS) is 19.6. The summed E-state index contributed by atoms with van der Waals surface area (Å²) in [6.07, 6.45) is 1.98. The summed E-state index contributed by atoms with van der Waals surface area (Å²) in [5.74, 6) is 0.0161. The summed E-state index contributed by atoms with van der Waals surface area (Å²) >= 11 is 5.96. The molecule has 2 N–H and O–H groups in total.